The number of carbonyl (C=O) groups is 1. The normalized spacial score (nSPS) is 20.3. The Morgan fingerprint density at radius 2 is 1.91 bits per heavy atom. The molecule has 1 spiro atoms. The van der Waals surface area contributed by atoms with Crippen LogP contribution < -0.4 is 16.8 Å². The van der Waals surface area contributed by atoms with E-state index in [1.807, 2.05) is 30.3 Å². The third kappa shape index (κ3) is 1.25. The first-order chi connectivity index (χ1) is 11.1. The number of amides is 1. The minimum absolute atomic E-state index is 0.0561. The zero-order chi connectivity index (χ0) is 15.8. The first kappa shape index (κ1) is 12.3. The number of anilines is 3. The van der Waals surface area contributed by atoms with Gasteiger partial charge in [0.05, 0.1) is 0 Å². The predicted molar refractivity (Wildman–Crippen MR) is 85.7 cm³/mol. The van der Waals surface area contributed by atoms with Crippen molar-refractivity contribution in [3.63, 3.8) is 0 Å². The molecule has 2 aliphatic rings. The number of hydrogen-bond acceptors (Lipinski definition) is 5. The van der Waals surface area contributed by atoms with Gasteiger partial charge in [0.25, 0.3) is 6.01 Å². The van der Waals surface area contributed by atoms with Gasteiger partial charge in [0, 0.05) is 22.5 Å². The van der Waals surface area contributed by atoms with E-state index in [0.29, 0.717) is 22.8 Å². The molecule has 0 saturated heterocycles. The largest absolute Gasteiger partial charge is 0.423 e. The van der Waals surface area contributed by atoms with Crippen molar-refractivity contribution in [3.8, 4) is 11.3 Å². The maximum atomic E-state index is 13.0. The number of rotatable bonds is 0. The lowest BCUT2D eigenvalue weighted by Gasteiger charge is -2.22. The molecule has 0 unspecified atom stereocenters. The summed E-state index contributed by atoms with van der Waals surface area (Å²) in [4.78, 5) is 17.4. The molecule has 5 rings (SSSR count). The number of carbonyl (C=O) groups excluding carboxylic acids is 1. The average molecular weight is 304 g/mol. The second-order valence-electron chi connectivity index (χ2n) is 5.78. The fourth-order valence-electron chi connectivity index (χ4n) is 3.74. The third-order valence-electron chi connectivity index (χ3n) is 4.61. The van der Waals surface area contributed by atoms with E-state index in [2.05, 4.69) is 10.3 Å². The van der Waals surface area contributed by atoms with Crippen molar-refractivity contribution in [2.75, 3.05) is 16.8 Å². The monoisotopic (exact) mass is 304 g/mol. The topological polar surface area (TPSA) is 107 Å². The van der Waals surface area contributed by atoms with E-state index >= 15 is 0 Å². The van der Waals surface area contributed by atoms with Gasteiger partial charge in [0.2, 0.25) is 5.91 Å². The molecular weight excluding hydrogens is 292 g/mol. The highest BCUT2D eigenvalue weighted by molar-refractivity contribution is 6.14. The summed E-state index contributed by atoms with van der Waals surface area (Å²) in [5.41, 5.74) is 14.9. The Morgan fingerprint density at radius 3 is 2.78 bits per heavy atom. The van der Waals surface area contributed by atoms with E-state index in [1.54, 1.807) is 12.1 Å². The van der Waals surface area contributed by atoms with Gasteiger partial charge < -0.3 is 21.2 Å². The van der Waals surface area contributed by atoms with Gasteiger partial charge in [0.15, 0.2) is 5.76 Å². The molecule has 2 heterocycles. The molecule has 1 aliphatic heterocycles. The van der Waals surface area contributed by atoms with Crippen LogP contribution in [0.3, 0.4) is 0 Å². The third-order valence-corrected chi connectivity index (χ3v) is 4.61. The van der Waals surface area contributed by atoms with Gasteiger partial charge in [0.1, 0.15) is 11.1 Å². The number of nitrogens with two attached hydrogens (primary N) is 2. The Hall–Kier alpha value is -3.28. The Morgan fingerprint density at radius 1 is 1.09 bits per heavy atom. The van der Waals surface area contributed by atoms with Gasteiger partial charge in [-0.05, 0) is 17.7 Å². The highest BCUT2D eigenvalue weighted by Crippen LogP contribution is 2.57. The summed E-state index contributed by atoms with van der Waals surface area (Å²) in [7, 11) is 0. The van der Waals surface area contributed by atoms with Crippen LogP contribution in [-0.2, 0) is 10.2 Å². The molecule has 2 aromatic carbocycles. The Labute approximate surface area is 131 Å². The van der Waals surface area contributed by atoms with Crippen LogP contribution in [-0.4, -0.2) is 10.9 Å². The fraction of sp³-hybridized carbons (Fsp3) is 0.0588. The molecule has 112 valence electrons. The first-order valence-electron chi connectivity index (χ1n) is 7.20. The molecule has 1 amide bonds. The number of oxazole rings is 1. The number of nitrogens with one attached hydrogen (secondary N) is 1. The van der Waals surface area contributed by atoms with Crippen LogP contribution in [0.25, 0.3) is 11.3 Å². The molecule has 6 heteroatoms. The highest BCUT2D eigenvalue weighted by atomic mass is 16.4. The summed E-state index contributed by atoms with van der Waals surface area (Å²) >= 11 is 0. The van der Waals surface area contributed by atoms with E-state index in [9.17, 15) is 4.79 Å². The van der Waals surface area contributed by atoms with Crippen LogP contribution in [0.1, 0.15) is 16.8 Å². The number of fused-ring (bicyclic) bond motifs is 7. The van der Waals surface area contributed by atoms with E-state index < -0.39 is 5.41 Å². The van der Waals surface area contributed by atoms with Crippen molar-refractivity contribution >= 4 is 23.3 Å². The standard InChI is InChI=1S/C17H12N4O2/c18-8-5-6-11-12(7-8)20-15(22)17(11)10-4-2-1-3-9(10)13-14(17)21-16(19)23-13/h1-7H,18H2,(H2,19,21)(H,20,22)/t17-/m0/s1. The quantitative estimate of drug-likeness (QED) is 0.551. The summed E-state index contributed by atoms with van der Waals surface area (Å²) in [5.74, 6) is 0.385. The second-order valence-corrected chi connectivity index (χ2v) is 5.78. The van der Waals surface area contributed by atoms with Crippen molar-refractivity contribution in [1.82, 2.24) is 4.98 Å². The van der Waals surface area contributed by atoms with Crippen molar-refractivity contribution in [1.29, 1.82) is 0 Å². The number of aromatic nitrogens is 1. The number of nitrogen functional groups attached to an aromatic ring is 2. The predicted octanol–water partition coefficient (Wildman–Crippen LogP) is 2.11. The van der Waals surface area contributed by atoms with Gasteiger partial charge in [-0.15, -0.1) is 0 Å². The van der Waals surface area contributed by atoms with Gasteiger partial charge in [-0.3, -0.25) is 4.79 Å². The average Bonchev–Trinajstić information content (AvgIpc) is 3.12. The molecule has 0 radical (unpaired) electrons. The summed E-state index contributed by atoms with van der Waals surface area (Å²) in [6.07, 6.45) is 0. The van der Waals surface area contributed by atoms with E-state index in [0.717, 1.165) is 16.7 Å². The van der Waals surface area contributed by atoms with E-state index in [4.69, 9.17) is 15.9 Å². The number of hydrogen-bond donors (Lipinski definition) is 3. The minimum atomic E-state index is -1.03. The smallest absolute Gasteiger partial charge is 0.292 e. The first-order valence-corrected chi connectivity index (χ1v) is 7.20. The van der Waals surface area contributed by atoms with E-state index in [-0.39, 0.29) is 11.9 Å². The SMILES string of the molecule is Nc1ccc2c(c1)NC(=O)[C@@]21c2ccccc2-c2oc(N)nc21. The molecule has 1 aliphatic carbocycles. The molecule has 1 atom stereocenters. The van der Waals surface area contributed by atoms with Crippen LogP contribution in [0.5, 0.6) is 0 Å². The summed E-state index contributed by atoms with van der Waals surface area (Å²) in [5, 5.41) is 2.92. The van der Waals surface area contributed by atoms with Gasteiger partial charge in [-0.25, -0.2) is 0 Å². The van der Waals surface area contributed by atoms with Crippen molar-refractivity contribution in [3.05, 3.63) is 59.3 Å². The Balaban J connectivity index is 1.95. The molecular formula is C17H12N4O2. The molecule has 5 N–H and O–H groups in total. The van der Waals surface area contributed by atoms with E-state index in [1.165, 1.54) is 0 Å². The Kier molecular flexibility index (Phi) is 1.99. The molecule has 0 bridgehead atoms. The maximum Gasteiger partial charge on any atom is 0.292 e. The lowest BCUT2D eigenvalue weighted by molar-refractivity contribution is -0.118. The van der Waals surface area contributed by atoms with Crippen LogP contribution in [0.2, 0.25) is 0 Å². The summed E-state index contributed by atoms with van der Waals surface area (Å²) < 4.78 is 5.59. The van der Waals surface area contributed by atoms with Gasteiger partial charge >= 0.3 is 0 Å². The zero-order valence-corrected chi connectivity index (χ0v) is 12.0. The highest BCUT2D eigenvalue weighted by Gasteiger charge is 2.58. The van der Waals surface area contributed by atoms with Crippen LogP contribution in [0.15, 0.2) is 46.9 Å². The molecule has 0 fully saturated rings. The van der Waals surface area contributed by atoms with Crippen LogP contribution in [0.4, 0.5) is 17.4 Å². The summed E-state index contributed by atoms with van der Waals surface area (Å²) in [6, 6.07) is 13.1. The lowest BCUT2D eigenvalue weighted by Crippen LogP contribution is -2.35. The van der Waals surface area contributed by atoms with Crippen molar-refractivity contribution < 1.29 is 9.21 Å². The second kappa shape index (κ2) is 3.73. The van der Waals surface area contributed by atoms with Crippen LogP contribution in [0, 0.1) is 0 Å². The molecule has 23 heavy (non-hydrogen) atoms. The minimum Gasteiger partial charge on any atom is -0.423 e. The lowest BCUT2D eigenvalue weighted by atomic mass is 9.75. The maximum absolute atomic E-state index is 13.0. The van der Waals surface area contributed by atoms with Gasteiger partial charge in [-0.1, -0.05) is 30.3 Å². The molecule has 6 nitrogen and oxygen atoms in total. The van der Waals surface area contributed by atoms with Crippen LogP contribution >= 0.6 is 0 Å². The number of benzene rings is 2. The Bertz CT molecular complexity index is 1010. The molecule has 0 saturated carbocycles. The molecule has 1 aromatic heterocycles. The zero-order valence-electron chi connectivity index (χ0n) is 12.0. The fourth-order valence-corrected chi connectivity index (χ4v) is 3.74. The summed E-state index contributed by atoms with van der Waals surface area (Å²) in [6.45, 7) is 0. The van der Waals surface area contributed by atoms with Gasteiger partial charge in [-0.2, -0.15) is 4.98 Å². The van der Waals surface area contributed by atoms with Crippen molar-refractivity contribution in [2.45, 2.75) is 5.41 Å². The van der Waals surface area contributed by atoms with Crippen molar-refractivity contribution in [2.24, 2.45) is 0 Å². The number of nitrogens with zero attached hydrogens (tertiary/aromatic N) is 1. The molecule has 3 aromatic rings.